The molecule has 3 aromatic rings. The van der Waals surface area contributed by atoms with E-state index >= 15 is 0 Å². The number of carbonyl (C=O) groups excluding carboxylic acids is 2. The van der Waals surface area contributed by atoms with E-state index in [0.717, 1.165) is 35.8 Å². The van der Waals surface area contributed by atoms with Crippen molar-refractivity contribution in [3.63, 3.8) is 0 Å². The molecule has 1 aromatic heterocycles. The molecule has 0 atom stereocenters. The van der Waals surface area contributed by atoms with Crippen LogP contribution < -0.4 is 11.2 Å². The van der Waals surface area contributed by atoms with Crippen LogP contribution in [0.15, 0.2) is 68.0 Å². The van der Waals surface area contributed by atoms with Crippen molar-refractivity contribution < 1.29 is 31.9 Å². The second-order valence-electron chi connectivity index (χ2n) is 8.41. The largest absolute Gasteiger partial charge is 0.465 e. The maximum Gasteiger partial charge on any atom is 0.431 e. The van der Waals surface area contributed by atoms with Gasteiger partial charge in [0.05, 0.1) is 27.9 Å². The van der Waals surface area contributed by atoms with E-state index in [0.29, 0.717) is 5.56 Å². The number of thioether (sulfide) groups is 1. The van der Waals surface area contributed by atoms with Crippen molar-refractivity contribution in [3.05, 3.63) is 96.4 Å². The Morgan fingerprint density at radius 2 is 1.80 bits per heavy atom. The summed E-state index contributed by atoms with van der Waals surface area (Å²) in [5, 5.41) is -0.363. The summed E-state index contributed by atoms with van der Waals surface area (Å²) in [5.41, 5.74) is -4.71. The summed E-state index contributed by atoms with van der Waals surface area (Å²) < 4.78 is 60.0. The van der Waals surface area contributed by atoms with Crippen LogP contribution in [-0.2, 0) is 27.5 Å². The number of nitrogens with zero attached hydrogens (tertiary/aromatic N) is 4. The standard InChI is InChI=1S/C26H19ClF4N4O5S/c1-3-40-22(37)13-34-23(38)19(9-14-7-5-4-6-8-14)41-24(34)32-17-11-18(16(28)10-15(17)27)35-21(36)12-20(26(29,30)31)33(2)25(35)39/h4-12H,3,13H2,1-2H3/b19-9-,32-24?. The molecule has 0 aliphatic carbocycles. The van der Waals surface area contributed by atoms with Gasteiger partial charge in [-0.25, -0.2) is 18.7 Å². The minimum absolute atomic E-state index is 0.0528. The molecule has 214 valence electrons. The molecular weight excluding hydrogens is 592 g/mol. The normalized spacial score (nSPS) is 15.7. The number of benzene rings is 2. The Bertz CT molecular complexity index is 1720. The summed E-state index contributed by atoms with van der Waals surface area (Å²) in [6, 6.07) is 10.6. The number of amidine groups is 1. The molecular formula is C26H19ClF4N4O5S. The zero-order chi connectivity index (χ0) is 30.1. The van der Waals surface area contributed by atoms with Crippen LogP contribution in [0.1, 0.15) is 18.2 Å². The van der Waals surface area contributed by atoms with E-state index in [1.54, 1.807) is 43.3 Å². The molecule has 41 heavy (non-hydrogen) atoms. The van der Waals surface area contributed by atoms with Crippen molar-refractivity contribution in [1.29, 1.82) is 0 Å². The Balaban J connectivity index is 1.84. The van der Waals surface area contributed by atoms with Gasteiger partial charge in [-0.2, -0.15) is 13.2 Å². The molecule has 1 amide bonds. The van der Waals surface area contributed by atoms with Gasteiger partial charge in [0.1, 0.15) is 18.1 Å². The van der Waals surface area contributed by atoms with Crippen LogP contribution in [0, 0.1) is 5.82 Å². The maximum absolute atomic E-state index is 15.0. The molecule has 1 aliphatic heterocycles. The van der Waals surface area contributed by atoms with Gasteiger partial charge in [-0.3, -0.25) is 23.9 Å². The summed E-state index contributed by atoms with van der Waals surface area (Å²) in [4.78, 5) is 56.2. The number of carbonyl (C=O) groups is 2. The van der Waals surface area contributed by atoms with Crippen LogP contribution in [0.25, 0.3) is 11.8 Å². The fraction of sp³-hybridized carbons (Fsp3) is 0.192. The number of hydrogen-bond donors (Lipinski definition) is 0. The first-order chi connectivity index (χ1) is 19.3. The number of hydrogen-bond acceptors (Lipinski definition) is 7. The van der Waals surface area contributed by atoms with E-state index in [1.165, 1.54) is 0 Å². The summed E-state index contributed by atoms with van der Waals surface area (Å²) in [7, 11) is 0.782. The zero-order valence-electron chi connectivity index (χ0n) is 21.2. The van der Waals surface area contributed by atoms with Gasteiger partial charge in [0.15, 0.2) is 5.17 Å². The van der Waals surface area contributed by atoms with E-state index in [1.807, 2.05) is 0 Å². The molecule has 0 unspecified atom stereocenters. The lowest BCUT2D eigenvalue weighted by Crippen LogP contribution is -2.41. The van der Waals surface area contributed by atoms with E-state index in [2.05, 4.69) is 4.99 Å². The first-order valence-corrected chi connectivity index (χ1v) is 12.9. The summed E-state index contributed by atoms with van der Waals surface area (Å²) >= 11 is 7.06. The second kappa shape index (κ2) is 11.7. The first kappa shape index (κ1) is 29.8. The van der Waals surface area contributed by atoms with E-state index < -0.39 is 53.0 Å². The van der Waals surface area contributed by atoms with Crippen molar-refractivity contribution >= 4 is 52.2 Å². The van der Waals surface area contributed by atoms with Gasteiger partial charge >= 0.3 is 17.8 Å². The number of esters is 1. The van der Waals surface area contributed by atoms with Gasteiger partial charge in [0, 0.05) is 13.1 Å². The van der Waals surface area contributed by atoms with E-state index in [-0.39, 0.29) is 42.6 Å². The molecule has 2 heterocycles. The van der Waals surface area contributed by atoms with Crippen LogP contribution in [0.2, 0.25) is 5.02 Å². The molecule has 2 aromatic carbocycles. The third kappa shape index (κ3) is 6.28. The average molecular weight is 611 g/mol. The number of amides is 1. The zero-order valence-corrected chi connectivity index (χ0v) is 22.8. The third-order valence-corrected chi connectivity index (χ3v) is 6.97. The Labute approximate surface area is 238 Å². The Kier molecular flexibility index (Phi) is 8.54. The molecule has 4 rings (SSSR count). The van der Waals surface area contributed by atoms with Crippen molar-refractivity contribution in [3.8, 4) is 5.69 Å². The highest BCUT2D eigenvalue weighted by molar-refractivity contribution is 8.18. The monoisotopic (exact) mass is 610 g/mol. The minimum Gasteiger partial charge on any atom is -0.465 e. The predicted octanol–water partition coefficient (Wildman–Crippen LogP) is 4.51. The molecule has 0 spiro atoms. The van der Waals surface area contributed by atoms with Gasteiger partial charge in [-0.05, 0) is 42.5 Å². The molecule has 1 aliphatic rings. The summed E-state index contributed by atoms with van der Waals surface area (Å²) in [5.74, 6) is -2.51. The van der Waals surface area contributed by atoms with Gasteiger partial charge < -0.3 is 4.74 Å². The Hall–Kier alpha value is -4.17. The highest BCUT2D eigenvalue weighted by Crippen LogP contribution is 2.37. The fourth-order valence-corrected chi connectivity index (χ4v) is 4.96. The smallest absolute Gasteiger partial charge is 0.431 e. The second-order valence-corrected chi connectivity index (χ2v) is 9.83. The molecule has 0 bridgehead atoms. The lowest BCUT2D eigenvalue weighted by Gasteiger charge is -2.16. The van der Waals surface area contributed by atoms with Crippen molar-refractivity contribution in [2.45, 2.75) is 13.1 Å². The molecule has 0 saturated carbocycles. The van der Waals surface area contributed by atoms with Crippen LogP contribution in [-0.4, -0.2) is 44.2 Å². The van der Waals surface area contributed by atoms with E-state index in [4.69, 9.17) is 16.3 Å². The predicted molar refractivity (Wildman–Crippen MR) is 145 cm³/mol. The summed E-state index contributed by atoms with van der Waals surface area (Å²) in [6.45, 7) is 1.12. The van der Waals surface area contributed by atoms with Crippen LogP contribution in [0.4, 0.5) is 23.2 Å². The van der Waals surface area contributed by atoms with Crippen LogP contribution >= 0.6 is 23.4 Å². The maximum atomic E-state index is 15.0. The first-order valence-electron chi connectivity index (χ1n) is 11.7. The number of ether oxygens (including phenoxy) is 1. The fourth-order valence-electron chi connectivity index (χ4n) is 3.77. The third-order valence-electron chi connectivity index (χ3n) is 5.66. The van der Waals surface area contributed by atoms with Gasteiger partial charge in [0.2, 0.25) is 0 Å². The number of aromatic nitrogens is 2. The molecule has 15 heteroatoms. The van der Waals surface area contributed by atoms with Gasteiger partial charge in [-0.15, -0.1) is 0 Å². The molecule has 0 N–H and O–H groups in total. The van der Waals surface area contributed by atoms with Crippen molar-refractivity contribution in [2.24, 2.45) is 12.0 Å². The van der Waals surface area contributed by atoms with Crippen LogP contribution in [0.3, 0.4) is 0 Å². The SMILES string of the molecule is CCOC(=O)CN1C(=O)/C(=C/c2ccccc2)SC1=Nc1cc(-n2c(=O)cc(C(F)(F)F)n(C)c2=O)c(F)cc1Cl. The van der Waals surface area contributed by atoms with E-state index in [9.17, 15) is 36.7 Å². The quantitative estimate of drug-likeness (QED) is 0.231. The number of rotatable bonds is 6. The van der Waals surface area contributed by atoms with Crippen molar-refractivity contribution in [2.75, 3.05) is 13.2 Å². The number of alkyl halides is 3. The number of halogens is 5. The van der Waals surface area contributed by atoms with Gasteiger partial charge in [0.25, 0.3) is 11.5 Å². The lowest BCUT2D eigenvalue weighted by molar-refractivity contribution is -0.145. The van der Waals surface area contributed by atoms with Crippen molar-refractivity contribution in [1.82, 2.24) is 14.0 Å². The van der Waals surface area contributed by atoms with Gasteiger partial charge in [-0.1, -0.05) is 41.9 Å². The number of aliphatic imine (C=N–C) groups is 1. The summed E-state index contributed by atoms with van der Waals surface area (Å²) in [6.07, 6.45) is -3.45. The lowest BCUT2D eigenvalue weighted by atomic mass is 10.2. The average Bonchev–Trinajstić information content (AvgIpc) is 3.17. The highest BCUT2D eigenvalue weighted by atomic mass is 35.5. The molecule has 9 nitrogen and oxygen atoms in total. The molecule has 1 fully saturated rings. The Morgan fingerprint density at radius 3 is 2.44 bits per heavy atom. The van der Waals surface area contributed by atoms with Crippen LogP contribution in [0.5, 0.6) is 0 Å². The molecule has 1 saturated heterocycles. The highest BCUT2D eigenvalue weighted by Gasteiger charge is 2.36. The topological polar surface area (TPSA) is 103 Å². The molecule has 0 radical (unpaired) electrons. The Morgan fingerprint density at radius 1 is 1.12 bits per heavy atom. The minimum atomic E-state index is -5.01.